The van der Waals surface area contributed by atoms with E-state index in [0.29, 0.717) is 22.8 Å². The van der Waals surface area contributed by atoms with E-state index in [-0.39, 0.29) is 5.56 Å². The highest BCUT2D eigenvalue weighted by Gasteiger charge is 2.22. The average molecular weight is 486 g/mol. The van der Waals surface area contributed by atoms with Crippen molar-refractivity contribution in [2.24, 2.45) is 0 Å². The topological polar surface area (TPSA) is 84.3 Å². The van der Waals surface area contributed by atoms with Crippen molar-refractivity contribution >= 4 is 17.2 Å². The van der Waals surface area contributed by atoms with Gasteiger partial charge in [0.1, 0.15) is 11.6 Å². The molecule has 6 aromatic rings. The van der Waals surface area contributed by atoms with Crippen molar-refractivity contribution in [3.8, 4) is 39.3 Å². The van der Waals surface area contributed by atoms with Gasteiger partial charge in [-0.05, 0) is 35.4 Å². The first kappa shape index (κ1) is 22.3. The molecule has 0 radical (unpaired) electrons. The van der Waals surface area contributed by atoms with Crippen LogP contribution in [0.1, 0.15) is 0 Å². The Bertz CT molecular complexity index is 1730. The van der Waals surface area contributed by atoms with Gasteiger partial charge in [0.25, 0.3) is 5.56 Å². The number of fused-ring (bicyclic) bond motifs is 1. The fourth-order valence-electron chi connectivity index (χ4n) is 4.45. The zero-order valence-corrected chi connectivity index (χ0v) is 20.1. The van der Waals surface area contributed by atoms with E-state index in [0.717, 1.165) is 33.6 Å². The molecule has 7 heteroatoms. The Kier molecular flexibility index (Phi) is 5.71. The predicted octanol–water partition coefficient (Wildman–Crippen LogP) is 6.17. The second-order valence-corrected chi connectivity index (χ2v) is 8.49. The van der Waals surface area contributed by atoms with Crippen LogP contribution in [0.2, 0.25) is 0 Å². The van der Waals surface area contributed by atoms with Crippen LogP contribution >= 0.6 is 0 Å². The lowest BCUT2D eigenvalue weighted by atomic mass is 10.0. The highest BCUT2D eigenvalue weighted by Crippen LogP contribution is 2.36. The van der Waals surface area contributed by atoms with Gasteiger partial charge in [-0.25, -0.2) is 4.98 Å². The van der Waals surface area contributed by atoms with E-state index >= 15 is 0 Å². The minimum Gasteiger partial charge on any atom is -0.497 e. The van der Waals surface area contributed by atoms with Crippen molar-refractivity contribution in [1.82, 2.24) is 19.6 Å². The fraction of sp³-hybridized carbons (Fsp3) is 0.0333. The summed E-state index contributed by atoms with van der Waals surface area (Å²) in [4.78, 5) is 23.4. The smallest absolute Gasteiger partial charge is 0.282 e. The number of H-pyrrole nitrogens is 1. The summed E-state index contributed by atoms with van der Waals surface area (Å²) in [7, 11) is 1.61. The van der Waals surface area contributed by atoms with Crippen LogP contribution < -0.4 is 15.6 Å². The molecule has 0 bridgehead atoms. The number of nitrogens with zero attached hydrogens (tertiary/aromatic N) is 3. The molecule has 0 saturated heterocycles. The molecule has 0 unspecified atom stereocenters. The lowest BCUT2D eigenvalue weighted by molar-refractivity contribution is 0.415. The molecule has 3 aromatic carbocycles. The quantitative estimate of drug-likeness (QED) is 0.295. The minimum absolute atomic E-state index is 0.221. The predicted molar refractivity (Wildman–Crippen MR) is 146 cm³/mol. The molecule has 7 nitrogen and oxygen atoms in total. The molecule has 0 aliphatic rings. The molecule has 0 aliphatic heterocycles. The van der Waals surface area contributed by atoms with Gasteiger partial charge in [-0.2, -0.15) is 4.52 Å². The maximum absolute atomic E-state index is 14.1. The summed E-state index contributed by atoms with van der Waals surface area (Å²) in [5.41, 5.74) is 5.76. The van der Waals surface area contributed by atoms with Gasteiger partial charge in [0.15, 0.2) is 5.65 Å². The van der Waals surface area contributed by atoms with Gasteiger partial charge in [0.2, 0.25) is 0 Å². The Morgan fingerprint density at radius 3 is 2.11 bits per heavy atom. The van der Waals surface area contributed by atoms with E-state index in [1.165, 1.54) is 4.52 Å². The normalized spacial score (nSPS) is 10.9. The van der Waals surface area contributed by atoms with Gasteiger partial charge in [0, 0.05) is 11.8 Å². The molecule has 0 spiro atoms. The van der Waals surface area contributed by atoms with Crippen LogP contribution in [0.4, 0.5) is 11.5 Å². The zero-order chi connectivity index (χ0) is 25.2. The fourth-order valence-corrected chi connectivity index (χ4v) is 4.45. The molecule has 0 fully saturated rings. The third-order valence-corrected chi connectivity index (χ3v) is 6.21. The summed E-state index contributed by atoms with van der Waals surface area (Å²) in [5.74, 6) is 1.15. The van der Waals surface area contributed by atoms with Gasteiger partial charge >= 0.3 is 0 Å². The third kappa shape index (κ3) is 4.12. The van der Waals surface area contributed by atoms with E-state index in [1.54, 1.807) is 19.5 Å². The summed E-state index contributed by atoms with van der Waals surface area (Å²) >= 11 is 0. The number of benzene rings is 3. The molecule has 3 heterocycles. The lowest BCUT2D eigenvalue weighted by Crippen LogP contribution is -2.19. The number of aromatic nitrogens is 4. The molecule has 3 aromatic heterocycles. The van der Waals surface area contributed by atoms with Crippen molar-refractivity contribution in [3.63, 3.8) is 0 Å². The number of ether oxygens (including phenoxy) is 1. The van der Waals surface area contributed by atoms with E-state index in [1.807, 2.05) is 97.1 Å². The van der Waals surface area contributed by atoms with Gasteiger partial charge < -0.3 is 10.1 Å². The molecule has 0 aliphatic carbocycles. The van der Waals surface area contributed by atoms with Crippen LogP contribution in [0.25, 0.3) is 39.2 Å². The Hall–Kier alpha value is -5.17. The van der Waals surface area contributed by atoms with Crippen molar-refractivity contribution in [3.05, 3.63) is 120 Å². The first-order valence-electron chi connectivity index (χ1n) is 11.8. The molecule has 37 heavy (non-hydrogen) atoms. The van der Waals surface area contributed by atoms with Crippen molar-refractivity contribution in [2.75, 3.05) is 12.4 Å². The van der Waals surface area contributed by atoms with E-state index in [2.05, 4.69) is 15.4 Å². The Balaban J connectivity index is 1.67. The Morgan fingerprint density at radius 1 is 0.784 bits per heavy atom. The largest absolute Gasteiger partial charge is 0.497 e. The SMILES string of the molecule is COc1ccc(-c2c(Nc3cccnc3)nc3c(-c4ccccc4)c(-c4ccccc4)[nH]n3c2=O)cc1. The number of methoxy groups -OCH3 is 1. The van der Waals surface area contributed by atoms with Crippen molar-refractivity contribution in [1.29, 1.82) is 0 Å². The van der Waals surface area contributed by atoms with Crippen molar-refractivity contribution in [2.45, 2.75) is 0 Å². The van der Waals surface area contributed by atoms with Gasteiger partial charge in [-0.15, -0.1) is 0 Å². The molecule has 180 valence electrons. The second-order valence-electron chi connectivity index (χ2n) is 8.49. The number of anilines is 2. The third-order valence-electron chi connectivity index (χ3n) is 6.21. The van der Waals surface area contributed by atoms with Crippen LogP contribution in [-0.4, -0.2) is 26.7 Å². The monoisotopic (exact) mass is 485 g/mol. The number of aromatic amines is 1. The number of pyridine rings is 1. The summed E-state index contributed by atoms with van der Waals surface area (Å²) in [6.45, 7) is 0. The molecule has 6 rings (SSSR count). The van der Waals surface area contributed by atoms with Crippen LogP contribution in [0, 0.1) is 0 Å². The van der Waals surface area contributed by atoms with E-state index in [9.17, 15) is 4.79 Å². The second kappa shape index (κ2) is 9.47. The maximum Gasteiger partial charge on any atom is 0.282 e. The van der Waals surface area contributed by atoms with Crippen molar-refractivity contribution < 1.29 is 4.74 Å². The summed E-state index contributed by atoms with van der Waals surface area (Å²) in [6, 6.07) is 31.0. The van der Waals surface area contributed by atoms with Crippen LogP contribution in [0.5, 0.6) is 5.75 Å². The minimum atomic E-state index is -0.221. The molecule has 0 saturated carbocycles. The maximum atomic E-state index is 14.1. The number of hydrogen-bond acceptors (Lipinski definition) is 5. The number of rotatable bonds is 6. The average Bonchev–Trinajstić information content (AvgIpc) is 3.35. The first-order chi connectivity index (χ1) is 18.2. The Morgan fingerprint density at radius 2 is 1.46 bits per heavy atom. The van der Waals surface area contributed by atoms with Crippen LogP contribution in [-0.2, 0) is 0 Å². The summed E-state index contributed by atoms with van der Waals surface area (Å²) < 4.78 is 6.85. The lowest BCUT2D eigenvalue weighted by Gasteiger charge is -2.12. The van der Waals surface area contributed by atoms with Crippen LogP contribution in [0.3, 0.4) is 0 Å². The molecule has 0 amide bonds. The molecular weight excluding hydrogens is 462 g/mol. The highest BCUT2D eigenvalue weighted by molar-refractivity contribution is 5.92. The molecular formula is C30H23N5O2. The van der Waals surface area contributed by atoms with Gasteiger partial charge in [-0.3, -0.25) is 14.9 Å². The highest BCUT2D eigenvalue weighted by atomic mass is 16.5. The summed E-state index contributed by atoms with van der Waals surface area (Å²) in [5, 5.41) is 6.68. The summed E-state index contributed by atoms with van der Waals surface area (Å²) in [6.07, 6.45) is 3.40. The van der Waals surface area contributed by atoms with Gasteiger partial charge in [0.05, 0.1) is 35.8 Å². The first-order valence-corrected chi connectivity index (χ1v) is 11.8. The van der Waals surface area contributed by atoms with E-state index in [4.69, 9.17) is 9.72 Å². The van der Waals surface area contributed by atoms with E-state index < -0.39 is 0 Å². The number of nitrogens with one attached hydrogen (secondary N) is 2. The number of hydrogen-bond donors (Lipinski definition) is 2. The molecule has 0 atom stereocenters. The standard InChI is InChI=1S/C30H23N5O2/c1-37-24-16-14-21(15-17-24)26-28(32-23-13-8-18-31-19-23)33-29-25(20-9-4-2-5-10-20)27(34-35(29)30(26)36)22-11-6-3-7-12-22/h2-19,32,34H,1H3. The van der Waals surface area contributed by atoms with Crippen LogP contribution in [0.15, 0.2) is 114 Å². The zero-order valence-electron chi connectivity index (χ0n) is 20.1. The molecule has 2 N–H and O–H groups in total. The van der Waals surface area contributed by atoms with Gasteiger partial charge in [-0.1, -0.05) is 72.8 Å². The Labute approximate surface area is 213 Å².